The topological polar surface area (TPSA) is 47.9 Å². The van der Waals surface area contributed by atoms with Crippen molar-refractivity contribution in [3.8, 4) is 0 Å². The second-order valence-electron chi connectivity index (χ2n) is 4.45. The smallest absolute Gasteiger partial charge is 0.132 e. The summed E-state index contributed by atoms with van der Waals surface area (Å²) in [6.45, 7) is 4.93. The highest BCUT2D eigenvalue weighted by Crippen LogP contribution is 2.23. The Morgan fingerprint density at radius 1 is 1.33 bits per heavy atom. The standard InChI is InChI=1S/C14H19N3O/c1-4-11(6-8-18-3)14-16-10(2)12-5-7-15-9-13(12)17-14/h5,7,9,11H,4,6,8H2,1-3H3. The molecule has 0 aliphatic rings. The Balaban J connectivity index is 2.38. The molecule has 4 heteroatoms. The number of rotatable bonds is 5. The van der Waals surface area contributed by atoms with Crippen LogP contribution in [0.5, 0.6) is 0 Å². The van der Waals surface area contributed by atoms with E-state index in [9.17, 15) is 0 Å². The van der Waals surface area contributed by atoms with Crippen LogP contribution < -0.4 is 0 Å². The molecule has 2 heterocycles. The van der Waals surface area contributed by atoms with Crippen LogP contribution in [0, 0.1) is 6.92 Å². The summed E-state index contributed by atoms with van der Waals surface area (Å²) >= 11 is 0. The summed E-state index contributed by atoms with van der Waals surface area (Å²) in [5.74, 6) is 1.26. The van der Waals surface area contributed by atoms with Crippen LogP contribution in [-0.4, -0.2) is 28.7 Å². The van der Waals surface area contributed by atoms with Crippen molar-refractivity contribution in [2.75, 3.05) is 13.7 Å². The second kappa shape index (κ2) is 5.87. The molecule has 0 fully saturated rings. The molecule has 18 heavy (non-hydrogen) atoms. The van der Waals surface area contributed by atoms with E-state index < -0.39 is 0 Å². The summed E-state index contributed by atoms with van der Waals surface area (Å²) in [6.07, 6.45) is 5.56. The van der Waals surface area contributed by atoms with E-state index in [1.165, 1.54) is 0 Å². The molecule has 2 aromatic heterocycles. The van der Waals surface area contributed by atoms with E-state index in [4.69, 9.17) is 4.74 Å². The summed E-state index contributed by atoms with van der Waals surface area (Å²) in [7, 11) is 1.73. The maximum atomic E-state index is 5.15. The second-order valence-corrected chi connectivity index (χ2v) is 4.45. The highest BCUT2D eigenvalue weighted by Gasteiger charge is 2.14. The highest BCUT2D eigenvalue weighted by atomic mass is 16.5. The molecule has 0 bridgehead atoms. The van der Waals surface area contributed by atoms with E-state index in [1.54, 1.807) is 19.5 Å². The van der Waals surface area contributed by atoms with Crippen LogP contribution in [-0.2, 0) is 4.74 Å². The minimum absolute atomic E-state index is 0.355. The lowest BCUT2D eigenvalue weighted by Gasteiger charge is -2.14. The third-order valence-corrected chi connectivity index (χ3v) is 3.24. The van der Waals surface area contributed by atoms with Gasteiger partial charge in [-0.3, -0.25) is 4.98 Å². The van der Waals surface area contributed by atoms with Crippen LogP contribution >= 0.6 is 0 Å². The number of pyridine rings is 1. The number of hydrogen-bond acceptors (Lipinski definition) is 4. The molecule has 1 unspecified atom stereocenters. The summed E-state index contributed by atoms with van der Waals surface area (Å²) < 4.78 is 5.15. The van der Waals surface area contributed by atoms with Crippen molar-refractivity contribution < 1.29 is 4.74 Å². The van der Waals surface area contributed by atoms with Crippen LogP contribution in [0.2, 0.25) is 0 Å². The SMILES string of the molecule is CCC(CCOC)c1nc(C)c2ccncc2n1. The number of hydrogen-bond donors (Lipinski definition) is 0. The monoisotopic (exact) mass is 245 g/mol. The van der Waals surface area contributed by atoms with Crippen molar-refractivity contribution in [3.05, 3.63) is 30.0 Å². The zero-order valence-electron chi connectivity index (χ0n) is 11.2. The molecule has 0 aliphatic heterocycles. The molecular formula is C14H19N3O. The Hall–Kier alpha value is -1.55. The molecule has 96 valence electrons. The highest BCUT2D eigenvalue weighted by molar-refractivity contribution is 5.79. The molecule has 0 saturated heterocycles. The lowest BCUT2D eigenvalue weighted by Crippen LogP contribution is -2.08. The van der Waals surface area contributed by atoms with Gasteiger partial charge < -0.3 is 4.74 Å². The molecular weight excluding hydrogens is 226 g/mol. The largest absolute Gasteiger partial charge is 0.385 e. The number of aromatic nitrogens is 3. The Bertz CT molecular complexity index is 527. The van der Waals surface area contributed by atoms with Crippen molar-refractivity contribution in [2.24, 2.45) is 0 Å². The third kappa shape index (κ3) is 2.64. The number of nitrogens with zero attached hydrogens (tertiary/aromatic N) is 3. The molecule has 0 spiro atoms. The first-order valence-corrected chi connectivity index (χ1v) is 6.33. The van der Waals surface area contributed by atoms with Crippen LogP contribution in [0.15, 0.2) is 18.5 Å². The predicted molar refractivity (Wildman–Crippen MR) is 71.6 cm³/mol. The van der Waals surface area contributed by atoms with Crippen LogP contribution in [0.3, 0.4) is 0 Å². The first kappa shape index (κ1) is 12.9. The van der Waals surface area contributed by atoms with Gasteiger partial charge in [0.05, 0.1) is 11.7 Å². The molecule has 0 amide bonds. The van der Waals surface area contributed by atoms with Gasteiger partial charge in [0.15, 0.2) is 0 Å². The maximum Gasteiger partial charge on any atom is 0.132 e. The van der Waals surface area contributed by atoms with E-state index in [0.717, 1.165) is 41.9 Å². The van der Waals surface area contributed by atoms with Crippen molar-refractivity contribution in [3.63, 3.8) is 0 Å². The Kier molecular flexibility index (Phi) is 4.20. The van der Waals surface area contributed by atoms with Gasteiger partial charge in [0.25, 0.3) is 0 Å². The minimum atomic E-state index is 0.355. The average Bonchev–Trinajstić information content (AvgIpc) is 2.40. The van der Waals surface area contributed by atoms with Crippen molar-refractivity contribution >= 4 is 10.9 Å². The van der Waals surface area contributed by atoms with Crippen LogP contribution in [0.1, 0.15) is 37.2 Å². The number of aryl methyl sites for hydroxylation is 1. The van der Waals surface area contributed by atoms with E-state index in [-0.39, 0.29) is 0 Å². The Labute approximate surface area is 107 Å². The summed E-state index contributed by atoms with van der Waals surface area (Å²) in [5.41, 5.74) is 1.95. The molecule has 0 aromatic carbocycles. The normalized spacial score (nSPS) is 12.8. The fraction of sp³-hybridized carbons (Fsp3) is 0.500. The zero-order valence-corrected chi connectivity index (χ0v) is 11.2. The first-order valence-electron chi connectivity index (χ1n) is 6.33. The van der Waals surface area contributed by atoms with Gasteiger partial charge in [0, 0.05) is 36.9 Å². The van der Waals surface area contributed by atoms with Gasteiger partial charge in [-0.15, -0.1) is 0 Å². The summed E-state index contributed by atoms with van der Waals surface area (Å²) in [5, 5.41) is 1.08. The Morgan fingerprint density at radius 2 is 2.17 bits per heavy atom. The van der Waals surface area contributed by atoms with Crippen molar-refractivity contribution in [1.29, 1.82) is 0 Å². The fourth-order valence-corrected chi connectivity index (χ4v) is 2.12. The van der Waals surface area contributed by atoms with Crippen molar-refractivity contribution in [2.45, 2.75) is 32.6 Å². The molecule has 2 aromatic rings. The molecule has 1 atom stereocenters. The summed E-state index contributed by atoms with van der Waals surface area (Å²) in [6, 6.07) is 1.96. The molecule has 0 aliphatic carbocycles. The summed E-state index contributed by atoms with van der Waals surface area (Å²) in [4.78, 5) is 13.4. The van der Waals surface area contributed by atoms with Gasteiger partial charge in [0.2, 0.25) is 0 Å². The lowest BCUT2D eigenvalue weighted by molar-refractivity contribution is 0.186. The quantitative estimate of drug-likeness (QED) is 0.812. The van der Waals surface area contributed by atoms with Crippen LogP contribution in [0.4, 0.5) is 0 Å². The van der Waals surface area contributed by atoms with Gasteiger partial charge in [0.1, 0.15) is 5.82 Å². The Morgan fingerprint density at radius 3 is 2.89 bits per heavy atom. The van der Waals surface area contributed by atoms with Crippen molar-refractivity contribution in [1.82, 2.24) is 15.0 Å². The van der Waals surface area contributed by atoms with Gasteiger partial charge in [-0.05, 0) is 25.8 Å². The van der Waals surface area contributed by atoms with Gasteiger partial charge in [-0.25, -0.2) is 9.97 Å². The van der Waals surface area contributed by atoms with E-state index in [0.29, 0.717) is 5.92 Å². The predicted octanol–water partition coefficient (Wildman–Crippen LogP) is 2.86. The molecule has 0 N–H and O–H groups in total. The lowest BCUT2D eigenvalue weighted by atomic mass is 10.0. The maximum absolute atomic E-state index is 5.15. The average molecular weight is 245 g/mol. The minimum Gasteiger partial charge on any atom is -0.385 e. The number of ether oxygens (including phenoxy) is 1. The third-order valence-electron chi connectivity index (χ3n) is 3.24. The van der Waals surface area contributed by atoms with Gasteiger partial charge in [-0.2, -0.15) is 0 Å². The van der Waals surface area contributed by atoms with E-state index >= 15 is 0 Å². The van der Waals surface area contributed by atoms with Gasteiger partial charge in [-0.1, -0.05) is 6.92 Å². The zero-order chi connectivity index (χ0) is 13.0. The molecule has 2 rings (SSSR count). The van der Waals surface area contributed by atoms with E-state index in [1.807, 2.05) is 13.0 Å². The van der Waals surface area contributed by atoms with E-state index in [2.05, 4.69) is 21.9 Å². The first-order chi connectivity index (χ1) is 8.76. The number of methoxy groups -OCH3 is 1. The molecule has 0 radical (unpaired) electrons. The van der Waals surface area contributed by atoms with Gasteiger partial charge >= 0.3 is 0 Å². The fourth-order valence-electron chi connectivity index (χ4n) is 2.12. The molecule has 4 nitrogen and oxygen atoms in total. The number of fused-ring (bicyclic) bond motifs is 1. The molecule has 0 saturated carbocycles. The van der Waals surface area contributed by atoms with Crippen LogP contribution in [0.25, 0.3) is 10.9 Å².